The molecule has 0 spiro atoms. The summed E-state index contributed by atoms with van der Waals surface area (Å²) in [7, 11) is 0. The Morgan fingerprint density at radius 3 is 2.50 bits per heavy atom. The van der Waals surface area contributed by atoms with E-state index in [4.69, 9.17) is 0 Å². The highest BCUT2D eigenvalue weighted by Crippen LogP contribution is 2.61. The zero-order chi connectivity index (χ0) is 10.3. The molecule has 0 saturated heterocycles. The largest absolute Gasteiger partial charge is 0.190 e. The molecule has 0 amide bonds. The molecule has 2 heterocycles. The molecule has 8 atom stereocenters. The van der Waals surface area contributed by atoms with Crippen LogP contribution >= 0.6 is 0 Å². The van der Waals surface area contributed by atoms with Crippen LogP contribution in [-0.4, -0.2) is 12.1 Å². The van der Waals surface area contributed by atoms with Crippen molar-refractivity contribution in [1.82, 2.24) is 0 Å². The van der Waals surface area contributed by atoms with E-state index in [1.165, 1.54) is 12.8 Å². The van der Waals surface area contributed by atoms with E-state index in [1.54, 1.807) is 0 Å². The van der Waals surface area contributed by atoms with Crippen LogP contribution in [0.4, 0.5) is 0 Å². The fourth-order valence-electron chi connectivity index (χ4n) is 5.30. The van der Waals surface area contributed by atoms with Crippen LogP contribution < -0.4 is 0 Å². The first-order valence-corrected chi connectivity index (χ1v) is 6.68. The quantitative estimate of drug-likeness (QED) is 0.552. The molecule has 2 heteroatoms. The zero-order valence-electron chi connectivity index (χ0n) is 9.24. The molecule has 0 unspecified atom stereocenters. The molecule has 6 aliphatic rings. The summed E-state index contributed by atoms with van der Waals surface area (Å²) in [5, 5.41) is 9.29. The molecule has 0 N–H and O–H groups in total. The third-order valence-corrected chi connectivity index (χ3v) is 5.80. The summed E-state index contributed by atoms with van der Waals surface area (Å²) in [6, 6.07) is 1.08. The van der Waals surface area contributed by atoms with Crippen molar-refractivity contribution in [2.75, 3.05) is 0 Å². The molecular weight excluding hydrogens is 196 g/mol. The van der Waals surface area contributed by atoms with Crippen molar-refractivity contribution in [1.29, 1.82) is 0 Å². The molecular formula is C14H16N2. The normalized spacial score (nSPS) is 63.0. The number of nitrogens with zero attached hydrogens (tertiary/aromatic N) is 2. The molecule has 6 rings (SSSR count). The van der Waals surface area contributed by atoms with Crippen LogP contribution in [0.5, 0.6) is 0 Å². The van der Waals surface area contributed by atoms with Crippen LogP contribution in [0.1, 0.15) is 12.8 Å². The SMILES string of the molecule is C1=C[C@@H]2[C@H](C1)[C@H]1N=N[C@H]2[C@@H]2[C@@H]1[C@H]1C=C[C@H]2C1. The van der Waals surface area contributed by atoms with Crippen LogP contribution in [-0.2, 0) is 0 Å². The number of rotatable bonds is 0. The van der Waals surface area contributed by atoms with Gasteiger partial charge in [-0.15, -0.1) is 0 Å². The second-order valence-electron chi connectivity index (χ2n) is 6.22. The molecule has 2 fully saturated rings. The van der Waals surface area contributed by atoms with Crippen molar-refractivity contribution in [3.63, 3.8) is 0 Å². The number of fused-ring (bicyclic) bond motifs is 2. The Bertz CT molecular complexity index is 436. The number of allylic oxidation sites excluding steroid dienone is 3. The lowest BCUT2D eigenvalue weighted by molar-refractivity contribution is 0.0468. The molecule has 2 saturated carbocycles. The maximum absolute atomic E-state index is 4.65. The minimum absolute atomic E-state index is 0.527. The molecule has 0 aromatic carbocycles. The molecule has 2 aliphatic heterocycles. The molecule has 82 valence electrons. The second kappa shape index (κ2) is 2.49. The van der Waals surface area contributed by atoms with Gasteiger partial charge in [0.05, 0.1) is 12.1 Å². The van der Waals surface area contributed by atoms with Crippen molar-refractivity contribution in [3.8, 4) is 0 Å². The summed E-state index contributed by atoms with van der Waals surface area (Å²) >= 11 is 0. The van der Waals surface area contributed by atoms with E-state index in [0.29, 0.717) is 12.1 Å². The monoisotopic (exact) mass is 212 g/mol. The van der Waals surface area contributed by atoms with Crippen LogP contribution in [0.15, 0.2) is 34.5 Å². The summed E-state index contributed by atoms with van der Waals surface area (Å²) in [5.41, 5.74) is 0. The van der Waals surface area contributed by atoms with Gasteiger partial charge in [0.25, 0.3) is 0 Å². The van der Waals surface area contributed by atoms with Gasteiger partial charge >= 0.3 is 0 Å². The second-order valence-corrected chi connectivity index (χ2v) is 6.22. The highest BCUT2D eigenvalue weighted by atomic mass is 15.2. The summed E-state index contributed by atoms with van der Waals surface area (Å²) < 4.78 is 0. The summed E-state index contributed by atoms with van der Waals surface area (Å²) in [6.07, 6.45) is 12.4. The molecule has 4 bridgehead atoms. The molecule has 0 aromatic rings. The van der Waals surface area contributed by atoms with Gasteiger partial charge in [-0.05, 0) is 42.4 Å². The van der Waals surface area contributed by atoms with Gasteiger partial charge in [0.15, 0.2) is 0 Å². The van der Waals surface area contributed by atoms with Crippen molar-refractivity contribution < 1.29 is 0 Å². The van der Waals surface area contributed by atoms with E-state index >= 15 is 0 Å². The molecule has 0 radical (unpaired) electrons. The lowest BCUT2D eigenvalue weighted by Crippen LogP contribution is -2.53. The summed E-state index contributed by atoms with van der Waals surface area (Å²) in [6.45, 7) is 0. The van der Waals surface area contributed by atoms with Gasteiger partial charge in [-0.3, -0.25) is 0 Å². The number of hydrogen-bond acceptors (Lipinski definition) is 2. The van der Waals surface area contributed by atoms with E-state index in [9.17, 15) is 0 Å². The first kappa shape index (κ1) is 8.21. The predicted octanol–water partition coefficient (Wildman–Crippen LogP) is 2.83. The number of azo groups is 1. The predicted molar refractivity (Wildman–Crippen MR) is 60.9 cm³/mol. The van der Waals surface area contributed by atoms with Crippen LogP contribution in [0, 0.1) is 35.5 Å². The average molecular weight is 212 g/mol. The van der Waals surface area contributed by atoms with Gasteiger partial charge in [0.2, 0.25) is 0 Å². The Hall–Kier alpha value is -0.920. The highest BCUT2D eigenvalue weighted by molar-refractivity contribution is 5.26. The van der Waals surface area contributed by atoms with Crippen LogP contribution in [0.25, 0.3) is 0 Å². The van der Waals surface area contributed by atoms with E-state index in [2.05, 4.69) is 34.5 Å². The molecule has 4 aliphatic carbocycles. The minimum atomic E-state index is 0.527. The first-order chi connectivity index (χ1) is 7.93. The Morgan fingerprint density at radius 1 is 0.875 bits per heavy atom. The van der Waals surface area contributed by atoms with E-state index in [0.717, 1.165) is 35.5 Å². The lowest BCUT2D eigenvalue weighted by atomic mass is 9.60. The van der Waals surface area contributed by atoms with Gasteiger partial charge in [-0.1, -0.05) is 24.3 Å². The van der Waals surface area contributed by atoms with Gasteiger partial charge in [0, 0.05) is 5.92 Å². The van der Waals surface area contributed by atoms with Gasteiger partial charge in [-0.2, -0.15) is 10.2 Å². The zero-order valence-corrected chi connectivity index (χ0v) is 9.24. The van der Waals surface area contributed by atoms with Crippen LogP contribution in [0.3, 0.4) is 0 Å². The Morgan fingerprint density at radius 2 is 1.62 bits per heavy atom. The fourth-order valence-corrected chi connectivity index (χ4v) is 5.30. The van der Waals surface area contributed by atoms with Gasteiger partial charge in [-0.25, -0.2) is 0 Å². The fraction of sp³-hybridized carbons (Fsp3) is 0.714. The van der Waals surface area contributed by atoms with E-state index < -0.39 is 0 Å². The van der Waals surface area contributed by atoms with Crippen molar-refractivity contribution in [2.45, 2.75) is 24.9 Å². The Labute approximate surface area is 95.5 Å². The third-order valence-electron chi connectivity index (χ3n) is 5.80. The maximum Gasteiger partial charge on any atom is 0.0811 e. The molecule has 0 aromatic heterocycles. The average Bonchev–Trinajstić information content (AvgIpc) is 3.05. The summed E-state index contributed by atoms with van der Waals surface area (Å²) in [5.74, 6) is 4.88. The first-order valence-electron chi connectivity index (χ1n) is 6.68. The van der Waals surface area contributed by atoms with Crippen molar-refractivity contribution in [2.24, 2.45) is 45.7 Å². The maximum atomic E-state index is 4.65. The smallest absolute Gasteiger partial charge is 0.0811 e. The highest BCUT2D eigenvalue weighted by Gasteiger charge is 2.61. The topological polar surface area (TPSA) is 24.7 Å². The molecule has 2 nitrogen and oxygen atoms in total. The lowest BCUT2D eigenvalue weighted by Gasteiger charge is -2.50. The minimum Gasteiger partial charge on any atom is -0.190 e. The Balaban J connectivity index is 1.67. The van der Waals surface area contributed by atoms with Crippen LogP contribution in [0.2, 0.25) is 0 Å². The van der Waals surface area contributed by atoms with Gasteiger partial charge < -0.3 is 0 Å². The third kappa shape index (κ3) is 0.732. The Kier molecular flexibility index (Phi) is 1.28. The van der Waals surface area contributed by atoms with E-state index in [-0.39, 0.29) is 0 Å². The standard InChI is InChI=1S/C14H16N2/c1-2-9-10(3-1)14-12-8-5-4-7(6-8)11(12)13(9)15-16-14/h1-2,4-5,7-14H,3,6H2/t7-,8-,9+,10-,11-,12-,13+,14+/m0/s1. The van der Waals surface area contributed by atoms with Crippen molar-refractivity contribution in [3.05, 3.63) is 24.3 Å². The van der Waals surface area contributed by atoms with E-state index in [1.807, 2.05) is 0 Å². The van der Waals surface area contributed by atoms with Gasteiger partial charge in [0.1, 0.15) is 0 Å². The number of hydrogen-bond donors (Lipinski definition) is 0. The molecule has 16 heavy (non-hydrogen) atoms. The van der Waals surface area contributed by atoms with Crippen molar-refractivity contribution >= 4 is 0 Å². The summed E-state index contributed by atoms with van der Waals surface area (Å²) in [4.78, 5) is 0.